The molecule has 1 N–H and O–H groups in total. The topological polar surface area (TPSA) is 29.1 Å². The van der Waals surface area contributed by atoms with Gasteiger partial charge in [0.15, 0.2) is 0 Å². The highest BCUT2D eigenvalue weighted by molar-refractivity contribution is 5.90. The molecule has 0 spiro atoms. The minimum Gasteiger partial charge on any atom is -0.326 e. The third kappa shape index (κ3) is 6.05. The average Bonchev–Trinajstić information content (AvgIpc) is 2.32. The minimum absolute atomic E-state index is 0.00751. The lowest BCUT2D eigenvalue weighted by molar-refractivity contribution is -0.116. The molecular formula is C14H20FNO. The van der Waals surface area contributed by atoms with Crippen molar-refractivity contribution >= 4 is 11.6 Å². The number of anilines is 1. The van der Waals surface area contributed by atoms with Crippen LogP contribution in [0.25, 0.3) is 0 Å². The van der Waals surface area contributed by atoms with Crippen molar-refractivity contribution in [3.05, 3.63) is 30.1 Å². The molecule has 0 aromatic heterocycles. The van der Waals surface area contributed by atoms with Gasteiger partial charge in [-0.3, -0.25) is 4.79 Å². The first-order valence-electron chi connectivity index (χ1n) is 6.28. The Balaban J connectivity index is 2.18. The van der Waals surface area contributed by atoms with Crippen LogP contribution in [0.15, 0.2) is 24.3 Å². The lowest BCUT2D eigenvalue weighted by Gasteiger charge is -2.04. The SMILES string of the molecule is CCCCCCCC(=O)Nc1ccc(F)cc1. The standard InChI is InChI=1S/C14H20FNO/c1-2-3-4-5-6-7-14(17)16-13-10-8-12(15)9-11-13/h8-11H,2-7H2,1H3,(H,16,17). The van der Waals surface area contributed by atoms with Crippen molar-refractivity contribution in [2.24, 2.45) is 0 Å². The molecule has 0 atom stereocenters. The highest BCUT2D eigenvalue weighted by Gasteiger charge is 2.02. The van der Waals surface area contributed by atoms with Crippen LogP contribution in [0.1, 0.15) is 45.4 Å². The number of hydrogen-bond donors (Lipinski definition) is 1. The Morgan fingerprint density at radius 3 is 2.41 bits per heavy atom. The Morgan fingerprint density at radius 1 is 1.12 bits per heavy atom. The van der Waals surface area contributed by atoms with E-state index in [1.54, 1.807) is 12.1 Å². The lowest BCUT2D eigenvalue weighted by Crippen LogP contribution is -2.10. The molecule has 2 nitrogen and oxygen atoms in total. The van der Waals surface area contributed by atoms with Gasteiger partial charge in [0.25, 0.3) is 0 Å². The molecule has 94 valence electrons. The third-order valence-electron chi connectivity index (χ3n) is 2.64. The van der Waals surface area contributed by atoms with Gasteiger partial charge in [-0.1, -0.05) is 32.6 Å². The van der Waals surface area contributed by atoms with Gasteiger partial charge in [0.2, 0.25) is 5.91 Å². The van der Waals surface area contributed by atoms with Gasteiger partial charge in [-0.15, -0.1) is 0 Å². The molecule has 1 amide bonds. The van der Waals surface area contributed by atoms with E-state index in [2.05, 4.69) is 12.2 Å². The van der Waals surface area contributed by atoms with Crippen LogP contribution < -0.4 is 5.32 Å². The van der Waals surface area contributed by atoms with E-state index in [0.717, 1.165) is 12.8 Å². The number of hydrogen-bond acceptors (Lipinski definition) is 1. The summed E-state index contributed by atoms with van der Waals surface area (Å²) in [4.78, 5) is 11.5. The van der Waals surface area contributed by atoms with Crippen molar-refractivity contribution in [2.45, 2.75) is 45.4 Å². The van der Waals surface area contributed by atoms with Gasteiger partial charge >= 0.3 is 0 Å². The fourth-order valence-electron chi connectivity index (χ4n) is 1.65. The molecule has 0 aliphatic heterocycles. The van der Waals surface area contributed by atoms with E-state index >= 15 is 0 Å². The van der Waals surface area contributed by atoms with Crippen LogP contribution in [0.5, 0.6) is 0 Å². The molecule has 17 heavy (non-hydrogen) atoms. The van der Waals surface area contributed by atoms with E-state index in [4.69, 9.17) is 0 Å². The molecule has 0 bridgehead atoms. The van der Waals surface area contributed by atoms with Crippen molar-refractivity contribution in [1.82, 2.24) is 0 Å². The molecule has 0 fully saturated rings. The summed E-state index contributed by atoms with van der Waals surface area (Å²) in [5, 5.41) is 2.75. The minimum atomic E-state index is -0.289. The van der Waals surface area contributed by atoms with Gasteiger partial charge in [0, 0.05) is 12.1 Å². The van der Waals surface area contributed by atoms with Gasteiger partial charge in [-0.25, -0.2) is 4.39 Å². The molecule has 1 aromatic carbocycles. The zero-order valence-corrected chi connectivity index (χ0v) is 10.3. The van der Waals surface area contributed by atoms with E-state index < -0.39 is 0 Å². The number of amides is 1. The van der Waals surface area contributed by atoms with Crippen molar-refractivity contribution in [1.29, 1.82) is 0 Å². The number of carbonyl (C=O) groups excluding carboxylic acids is 1. The average molecular weight is 237 g/mol. The predicted molar refractivity (Wildman–Crippen MR) is 68.4 cm³/mol. The van der Waals surface area contributed by atoms with Crippen molar-refractivity contribution in [2.75, 3.05) is 5.32 Å². The number of carbonyl (C=O) groups is 1. The smallest absolute Gasteiger partial charge is 0.224 e. The summed E-state index contributed by atoms with van der Waals surface area (Å²) in [5.74, 6) is -0.282. The summed E-state index contributed by atoms with van der Waals surface area (Å²) in [6, 6.07) is 5.84. The maximum absolute atomic E-state index is 12.6. The molecule has 3 heteroatoms. The van der Waals surface area contributed by atoms with Gasteiger partial charge in [-0.2, -0.15) is 0 Å². The maximum Gasteiger partial charge on any atom is 0.224 e. The summed E-state index contributed by atoms with van der Waals surface area (Å²) in [5.41, 5.74) is 0.657. The summed E-state index contributed by atoms with van der Waals surface area (Å²) in [6.07, 6.45) is 6.21. The zero-order valence-electron chi connectivity index (χ0n) is 10.3. The quantitative estimate of drug-likeness (QED) is 0.710. The summed E-state index contributed by atoms with van der Waals surface area (Å²) >= 11 is 0. The number of rotatable bonds is 7. The van der Waals surface area contributed by atoms with Crippen LogP contribution in [-0.2, 0) is 4.79 Å². The van der Waals surface area contributed by atoms with Crippen LogP contribution >= 0.6 is 0 Å². The van der Waals surface area contributed by atoms with Gasteiger partial charge < -0.3 is 5.32 Å². The van der Waals surface area contributed by atoms with E-state index in [0.29, 0.717) is 12.1 Å². The van der Waals surface area contributed by atoms with Crippen LogP contribution in [-0.4, -0.2) is 5.91 Å². The Kier molecular flexibility index (Phi) is 6.30. The molecule has 0 saturated heterocycles. The molecule has 0 radical (unpaired) electrons. The fraction of sp³-hybridized carbons (Fsp3) is 0.500. The van der Waals surface area contributed by atoms with Crippen molar-refractivity contribution < 1.29 is 9.18 Å². The summed E-state index contributed by atoms with van der Waals surface area (Å²) in [6.45, 7) is 2.17. The zero-order chi connectivity index (χ0) is 12.5. The molecule has 0 aliphatic carbocycles. The highest BCUT2D eigenvalue weighted by Crippen LogP contribution is 2.10. The first-order valence-corrected chi connectivity index (χ1v) is 6.28. The van der Waals surface area contributed by atoms with Gasteiger partial charge in [0.05, 0.1) is 0 Å². The monoisotopic (exact) mass is 237 g/mol. The first-order chi connectivity index (χ1) is 8.22. The highest BCUT2D eigenvalue weighted by atomic mass is 19.1. The van der Waals surface area contributed by atoms with Gasteiger partial charge in [-0.05, 0) is 30.7 Å². The van der Waals surface area contributed by atoms with E-state index in [-0.39, 0.29) is 11.7 Å². The summed E-state index contributed by atoms with van der Waals surface area (Å²) in [7, 11) is 0. The fourth-order valence-corrected chi connectivity index (χ4v) is 1.65. The van der Waals surface area contributed by atoms with E-state index in [1.165, 1.54) is 31.4 Å². The van der Waals surface area contributed by atoms with E-state index in [9.17, 15) is 9.18 Å². The number of nitrogens with one attached hydrogen (secondary N) is 1. The lowest BCUT2D eigenvalue weighted by atomic mass is 10.1. The number of benzene rings is 1. The van der Waals surface area contributed by atoms with Crippen LogP contribution in [0.4, 0.5) is 10.1 Å². The number of unbranched alkanes of at least 4 members (excludes halogenated alkanes) is 4. The van der Waals surface area contributed by atoms with Crippen molar-refractivity contribution in [3.63, 3.8) is 0 Å². The maximum atomic E-state index is 12.6. The van der Waals surface area contributed by atoms with Crippen LogP contribution in [0.2, 0.25) is 0 Å². The second kappa shape index (κ2) is 7.82. The molecule has 1 rings (SSSR count). The Morgan fingerprint density at radius 2 is 1.76 bits per heavy atom. The predicted octanol–water partition coefficient (Wildman–Crippen LogP) is 4.12. The first kappa shape index (κ1) is 13.7. The molecule has 0 aliphatic rings. The summed E-state index contributed by atoms with van der Waals surface area (Å²) < 4.78 is 12.6. The van der Waals surface area contributed by atoms with E-state index in [1.807, 2.05) is 0 Å². The second-order valence-corrected chi connectivity index (χ2v) is 4.22. The molecule has 1 aromatic rings. The second-order valence-electron chi connectivity index (χ2n) is 4.22. The molecule has 0 saturated carbocycles. The number of halogens is 1. The third-order valence-corrected chi connectivity index (χ3v) is 2.64. The van der Waals surface area contributed by atoms with Crippen LogP contribution in [0, 0.1) is 5.82 Å². The van der Waals surface area contributed by atoms with Crippen LogP contribution in [0.3, 0.4) is 0 Å². The van der Waals surface area contributed by atoms with Crippen molar-refractivity contribution in [3.8, 4) is 0 Å². The molecular weight excluding hydrogens is 217 g/mol. The molecule has 0 unspecified atom stereocenters. The largest absolute Gasteiger partial charge is 0.326 e. The van der Waals surface area contributed by atoms with Gasteiger partial charge in [0.1, 0.15) is 5.82 Å². The Hall–Kier alpha value is -1.38. The molecule has 0 heterocycles. The Labute approximate surface area is 102 Å². The normalized spacial score (nSPS) is 10.2. The Bertz CT molecular complexity index is 335.